The minimum absolute atomic E-state index is 0.0339. The van der Waals surface area contributed by atoms with E-state index in [1.54, 1.807) is 17.0 Å². The van der Waals surface area contributed by atoms with Crippen molar-refractivity contribution in [1.82, 2.24) is 4.90 Å². The Balaban J connectivity index is 1.99. The zero-order valence-electron chi connectivity index (χ0n) is 11.4. The van der Waals surface area contributed by atoms with Gasteiger partial charge in [-0.25, -0.2) is 4.39 Å². The van der Waals surface area contributed by atoms with Crippen LogP contribution >= 0.6 is 0 Å². The molecule has 1 saturated heterocycles. The summed E-state index contributed by atoms with van der Waals surface area (Å²) in [6.07, 6.45) is 0.539. The molecule has 2 rings (SSSR count). The van der Waals surface area contributed by atoms with Crippen molar-refractivity contribution in [1.29, 1.82) is 0 Å². The molecular formula is C15H20FNO2. The third-order valence-corrected chi connectivity index (χ3v) is 3.79. The van der Waals surface area contributed by atoms with Crippen LogP contribution in [0.4, 0.5) is 4.39 Å². The SMILES string of the molecule is CC1(C)CN(C(=O)Cc2ccc(F)cc2)CCC1O. The van der Waals surface area contributed by atoms with Gasteiger partial charge in [0, 0.05) is 18.5 Å². The summed E-state index contributed by atoms with van der Waals surface area (Å²) in [5, 5.41) is 9.88. The number of amides is 1. The van der Waals surface area contributed by atoms with Crippen LogP contribution < -0.4 is 0 Å². The van der Waals surface area contributed by atoms with E-state index < -0.39 is 0 Å². The second-order valence-electron chi connectivity index (χ2n) is 5.91. The lowest BCUT2D eigenvalue weighted by molar-refractivity contribution is -0.137. The van der Waals surface area contributed by atoms with Crippen molar-refractivity contribution >= 4 is 5.91 Å². The lowest BCUT2D eigenvalue weighted by Crippen LogP contribution is -2.51. The second-order valence-corrected chi connectivity index (χ2v) is 5.91. The van der Waals surface area contributed by atoms with Crippen molar-refractivity contribution < 1.29 is 14.3 Å². The average Bonchev–Trinajstić information content (AvgIpc) is 2.35. The number of rotatable bonds is 2. The minimum Gasteiger partial charge on any atom is -0.392 e. The van der Waals surface area contributed by atoms with Crippen LogP contribution in [0.25, 0.3) is 0 Å². The normalized spacial score (nSPS) is 22.3. The Kier molecular flexibility index (Phi) is 3.90. The molecule has 0 aromatic heterocycles. The van der Waals surface area contributed by atoms with Crippen LogP contribution in [-0.4, -0.2) is 35.1 Å². The Morgan fingerprint density at radius 1 is 1.42 bits per heavy atom. The predicted octanol–water partition coefficient (Wildman–Crippen LogP) is 1.99. The molecule has 0 bridgehead atoms. The first kappa shape index (κ1) is 14.0. The Morgan fingerprint density at radius 3 is 2.63 bits per heavy atom. The number of nitrogens with zero attached hydrogens (tertiary/aromatic N) is 1. The third-order valence-electron chi connectivity index (χ3n) is 3.79. The molecule has 1 heterocycles. The Labute approximate surface area is 113 Å². The van der Waals surface area contributed by atoms with Crippen LogP contribution in [0.5, 0.6) is 0 Å². The number of aliphatic hydroxyl groups is 1. The molecular weight excluding hydrogens is 245 g/mol. The molecule has 4 heteroatoms. The van der Waals surface area contributed by atoms with Crippen molar-refractivity contribution in [3.63, 3.8) is 0 Å². The molecule has 1 atom stereocenters. The predicted molar refractivity (Wildman–Crippen MR) is 71.1 cm³/mol. The van der Waals surface area contributed by atoms with Crippen molar-refractivity contribution in [3.05, 3.63) is 35.6 Å². The zero-order chi connectivity index (χ0) is 14.0. The van der Waals surface area contributed by atoms with E-state index in [-0.39, 0.29) is 29.7 Å². The number of carbonyl (C=O) groups excluding carboxylic acids is 1. The second kappa shape index (κ2) is 5.29. The minimum atomic E-state index is -0.359. The van der Waals surface area contributed by atoms with Gasteiger partial charge >= 0.3 is 0 Å². The molecule has 1 aromatic rings. The fourth-order valence-electron chi connectivity index (χ4n) is 2.45. The van der Waals surface area contributed by atoms with E-state index in [4.69, 9.17) is 0 Å². The highest BCUT2D eigenvalue weighted by Crippen LogP contribution is 2.29. The molecule has 1 aromatic carbocycles. The van der Waals surface area contributed by atoms with E-state index in [2.05, 4.69) is 0 Å². The van der Waals surface area contributed by atoms with Crippen LogP contribution in [0.2, 0.25) is 0 Å². The summed E-state index contributed by atoms with van der Waals surface area (Å²) in [6.45, 7) is 5.09. The first-order valence-corrected chi connectivity index (χ1v) is 6.59. The molecule has 0 saturated carbocycles. The number of likely N-dealkylation sites (tertiary alicyclic amines) is 1. The summed E-state index contributed by atoms with van der Waals surface area (Å²) in [6, 6.07) is 6.01. The third kappa shape index (κ3) is 3.32. The quantitative estimate of drug-likeness (QED) is 0.888. The van der Waals surface area contributed by atoms with Crippen LogP contribution in [0.3, 0.4) is 0 Å². The van der Waals surface area contributed by atoms with Gasteiger partial charge in [-0.05, 0) is 24.1 Å². The lowest BCUT2D eigenvalue weighted by atomic mass is 9.81. The van der Waals surface area contributed by atoms with Crippen LogP contribution in [0, 0.1) is 11.2 Å². The van der Waals surface area contributed by atoms with Crippen molar-refractivity contribution in [2.24, 2.45) is 5.41 Å². The van der Waals surface area contributed by atoms with E-state index in [0.717, 1.165) is 5.56 Å². The van der Waals surface area contributed by atoms with E-state index in [1.165, 1.54) is 12.1 Å². The molecule has 1 fully saturated rings. The van der Waals surface area contributed by atoms with Crippen molar-refractivity contribution in [2.75, 3.05) is 13.1 Å². The van der Waals surface area contributed by atoms with Gasteiger partial charge in [0.05, 0.1) is 12.5 Å². The fraction of sp³-hybridized carbons (Fsp3) is 0.533. The van der Waals surface area contributed by atoms with Gasteiger partial charge in [0.25, 0.3) is 0 Å². The molecule has 1 aliphatic rings. The van der Waals surface area contributed by atoms with Gasteiger partial charge in [-0.2, -0.15) is 0 Å². The Bertz CT molecular complexity index is 456. The van der Waals surface area contributed by atoms with Gasteiger partial charge in [-0.3, -0.25) is 4.79 Å². The molecule has 3 nitrogen and oxygen atoms in total. The first-order valence-electron chi connectivity index (χ1n) is 6.59. The van der Waals surface area contributed by atoms with Crippen molar-refractivity contribution in [2.45, 2.75) is 32.8 Å². The molecule has 1 aliphatic heterocycles. The van der Waals surface area contributed by atoms with Gasteiger partial charge in [-0.15, -0.1) is 0 Å². The average molecular weight is 265 g/mol. The molecule has 1 amide bonds. The van der Waals surface area contributed by atoms with Gasteiger partial charge < -0.3 is 10.0 Å². The summed E-state index contributed by atoms with van der Waals surface area (Å²) >= 11 is 0. The topological polar surface area (TPSA) is 40.5 Å². The Morgan fingerprint density at radius 2 is 2.05 bits per heavy atom. The summed E-state index contributed by atoms with van der Waals surface area (Å²) in [4.78, 5) is 14.0. The summed E-state index contributed by atoms with van der Waals surface area (Å²) < 4.78 is 12.8. The zero-order valence-corrected chi connectivity index (χ0v) is 11.4. The van der Waals surface area contributed by atoms with E-state index in [9.17, 15) is 14.3 Å². The molecule has 1 unspecified atom stereocenters. The maximum atomic E-state index is 12.8. The Hall–Kier alpha value is -1.42. The number of benzene rings is 1. The lowest BCUT2D eigenvalue weighted by Gasteiger charge is -2.41. The number of aliphatic hydroxyl groups excluding tert-OH is 1. The smallest absolute Gasteiger partial charge is 0.227 e. The van der Waals surface area contributed by atoms with Gasteiger partial charge in [0.1, 0.15) is 5.82 Å². The first-order chi connectivity index (χ1) is 8.88. The number of carbonyl (C=O) groups is 1. The highest BCUT2D eigenvalue weighted by Gasteiger charge is 2.36. The van der Waals surface area contributed by atoms with Crippen LogP contribution in [0.1, 0.15) is 25.8 Å². The summed E-state index contributed by atoms with van der Waals surface area (Å²) in [5.41, 5.74) is 0.548. The van der Waals surface area contributed by atoms with Crippen LogP contribution in [0.15, 0.2) is 24.3 Å². The maximum Gasteiger partial charge on any atom is 0.227 e. The van der Waals surface area contributed by atoms with Crippen LogP contribution in [-0.2, 0) is 11.2 Å². The highest BCUT2D eigenvalue weighted by atomic mass is 19.1. The molecule has 19 heavy (non-hydrogen) atoms. The monoisotopic (exact) mass is 265 g/mol. The number of hydrogen-bond donors (Lipinski definition) is 1. The van der Waals surface area contributed by atoms with Gasteiger partial charge in [0.15, 0.2) is 0 Å². The number of hydrogen-bond acceptors (Lipinski definition) is 2. The fourth-order valence-corrected chi connectivity index (χ4v) is 2.45. The highest BCUT2D eigenvalue weighted by molar-refractivity contribution is 5.79. The molecule has 0 spiro atoms. The molecule has 1 N–H and O–H groups in total. The summed E-state index contributed by atoms with van der Waals surface area (Å²) in [7, 11) is 0. The van der Waals surface area contributed by atoms with E-state index in [0.29, 0.717) is 19.5 Å². The number of piperidine rings is 1. The maximum absolute atomic E-state index is 12.8. The van der Waals surface area contributed by atoms with Gasteiger partial charge in [-0.1, -0.05) is 26.0 Å². The standard InChI is InChI=1S/C15H20FNO2/c1-15(2)10-17(8-7-13(15)18)14(19)9-11-3-5-12(16)6-4-11/h3-6,13,18H,7-10H2,1-2H3. The molecule has 0 aliphatic carbocycles. The van der Waals surface area contributed by atoms with Gasteiger partial charge in [0.2, 0.25) is 5.91 Å². The van der Waals surface area contributed by atoms with E-state index >= 15 is 0 Å². The largest absolute Gasteiger partial charge is 0.392 e. The molecule has 104 valence electrons. The molecule has 0 radical (unpaired) electrons. The van der Waals surface area contributed by atoms with Crippen molar-refractivity contribution in [3.8, 4) is 0 Å². The number of halogens is 1. The summed E-state index contributed by atoms with van der Waals surface area (Å²) in [5.74, 6) is -0.259. The van der Waals surface area contributed by atoms with E-state index in [1.807, 2.05) is 13.8 Å².